The third-order valence-corrected chi connectivity index (χ3v) is 4.21. The maximum absolute atomic E-state index is 13.0. The van der Waals surface area contributed by atoms with Crippen LogP contribution in [0, 0.1) is 5.92 Å². The summed E-state index contributed by atoms with van der Waals surface area (Å²) in [5.74, 6) is -0.131. The first-order valence-electron chi connectivity index (χ1n) is 7.52. The van der Waals surface area contributed by atoms with Crippen LogP contribution in [0.5, 0.6) is 0 Å². The van der Waals surface area contributed by atoms with Crippen LogP contribution in [0.3, 0.4) is 0 Å². The van der Waals surface area contributed by atoms with Gasteiger partial charge in [-0.05, 0) is 30.7 Å². The minimum Gasteiger partial charge on any atom is -0.351 e. The molecule has 1 aliphatic carbocycles. The van der Waals surface area contributed by atoms with Crippen LogP contribution in [-0.4, -0.2) is 24.0 Å². The molecule has 1 amide bonds. The van der Waals surface area contributed by atoms with Gasteiger partial charge in [-0.2, -0.15) is 0 Å². The summed E-state index contributed by atoms with van der Waals surface area (Å²) >= 11 is 0. The maximum atomic E-state index is 13.0. The highest BCUT2D eigenvalue weighted by atomic mass is 16.5. The quantitative estimate of drug-likeness (QED) is 0.806. The summed E-state index contributed by atoms with van der Waals surface area (Å²) in [6.07, 6.45) is 6.46. The monoisotopic (exact) mass is 297 g/mol. The van der Waals surface area contributed by atoms with Crippen molar-refractivity contribution in [2.24, 2.45) is 5.92 Å². The van der Waals surface area contributed by atoms with Crippen molar-refractivity contribution >= 4 is 17.4 Å². The Bertz CT molecular complexity index is 622. The van der Waals surface area contributed by atoms with E-state index in [1.807, 2.05) is 30.3 Å². The van der Waals surface area contributed by atoms with Crippen molar-refractivity contribution < 1.29 is 14.3 Å². The molecule has 4 nitrogen and oxygen atoms in total. The lowest BCUT2D eigenvalue weighted by Gasteiger charge is -2.48. The van der Waals surface area contributed by atoms with Gasteiger partial charge in [0.25, 0.3) is 0 Å². The Balaban J connectivity index is 2.02. The maximum Gasteiger partial charge on any atom is 0.235 e. The Labute approximate surface area is 130 Å². The zero-order chi connectivity index (χ0) is 15.6. The lowest BCUT2D eigenvalue weighted by molar-refractivity contribution is -0.144. The number of hydrogen-bond acceptors (Lipinski definition) is 3. The van der Waals surface area contributed by atoms with Gasteiger partial charge >= 0.3 is 0 Å². The van der Waals surface area contributed by atoms with E-state index in [2.05, 4.69) is 6.58 Å². The van der Waals surface area contributed by atoms with Gasteiger partial charge in [0.2, 0.25) is 5.91 Å². The molecule has 1 fully saturated rings. The predicted octanol–water partition coefficient (Wildman–Crippen LogP) is 2.86. The van der Waals surface area contributed by atoms with Crippen molar-refractivity contribution in [1.82, 2.24) is 0 Å². The smallest absolute Gasteiger partial charge is 0.235 e. The van der Waals surface area contributed by atoms with Crippen LogP contribution in [0.2, 0.25) is 0 Å². The Kier molecular flexibility index (Phi) is 3.94. The molecule has 114 valence electrons. The largest absolute Gasteiger partial charge is 0.351 e. The van der Waals surface area contributed by atoms with E-state index >= 15 is 0 Å². The highest BCUT2D eigenvalue weighted by Gasteiger charge is 2.47. The van der Waals surface area contributed by atoms with Crippen molar-refractivity contribution in [3.05, 3.63) is 55.1 Å². The number of carbonyl (C=O) groups is 2. The average molecular weight is 297 g/mol. The summed E-state index contributed by atoms with van der Waals surface area (Å²) in [5.41, 5.74) is -0.0513. The van der Waals surface area contributed by atoms with Crippen LogP contribution in [0.4, 0.5) is 5.69 Å². The molecule has 22 heavy (non-hydrogen) atoms. The third-order valence-electron chi connectivity index (χ3n) is 4.21. The molecule has 0 saturated carbocycles. The molecule has 4 heteroatoms. The van der Waals surface area contributed by atoms with E-state index in [-0.39, 0.29) is 17.6 Å². The zero-order valence-electron chi connectivity index (χ0n) is 12.4. The molecule has 1 aromatic rings. The van der Waals surface area contributed by atoms with Crippen LogP contribution < -0.4 is 4.90 Å². The molecule has 2 unspecified atom stereocenters. The number of allylic oxidation sites excluding steroid dienone is 2. The Hall–Kier alpha value is -2.20. The van der Waals surface area contributed by atoms with E-state index in [9.17, 15) is 9.59 Å². The van der Waals surface area contributed by atoms with Gasteiger partial charge in [-0.15, -0.1) is 6.58 Å². The van der Waals surface area contributed by atoms with Crippen LogP contribution in [-0.2, 0) is 14.3 Å². The lowest BCUT2D eigenvalue weighted by atomic mass is 9.91. The minimum absolute atomic E-state index is 0.0244. The second kappa shape index (κ2) is 5.89. The molecule has 0 radical (unpaired) electrons. The first-order valence-corrected chi connectivity index (χ1v) is 7.52. The molecule has 2 aliphatic rings. The highest BCUT2D eigenvalue weighted by Crippen LogP contribution is 2.38. The van der Waals surface area contributed by atoms with E-state index in [1.54, 1.807) is 17.1 Å². The van der Waals surface area contributed by atoms with Crippen molar-refractivity contribution in [2.45, 2.75) is 25.0 Å². The number of amides is 1. The highest BCUT2D eigenvalue weighted by molar-refractivity contribution is 5.99. The summed E-state index contributed by atoms with van der Waals surface area (Å²) in [6.45, 7) is 4.07. The first-order chi connectivity index (χ1) is 10.7. The van der Waals surface area contributed by atoms with Gasteiger partial charge in [0.1, 0.15) is 0 Å². The summed E-state index contributed by atoms with van der Waals surface area (Å²) in [7, 11) is 0. The molecule has 1 saturated heterocycles. The normalized spacial score (nSPS) is 28.2. The number of rotatable bonds is 3. The summed E-state index contributed by atoms with van der Waals surface area (Å²) in [4.78, 5) is 26.2. The number of ketones is 1. The summed E-state index contributed by atoms with van der Waals surface area (Å²) in [5, 5.41) is 0. The van der Waals surface area contributed by atoms with E-state index in [0.717, 1.165) is 5.69 Å². The molecule has 1 spiro atoms. The van der Waals surface area contributed by atoms with Gasteiger partial charge in [0.15, 0.2) is 11.5 Å². The molecule has 0 N–H and O–H groups in total. The number of anilines is 1. The van der Waals surface area contributed by atoms with E-state index in [0.29, 0.717) is 25.9 Å². The molecular formula is C18H19NO3. The molecule has 1 aromatic carbocycles. The second-order valence-electron chi connectivity index (χ2n) is 5.69. The van der Waals surface area contributed by atoms with Crippen molar-refractivity contribution in [3.63, 3.8) is 0 Å². The third kappa shape index (κ3) is 2.50. The van der Waals surface area contributed by atoms with Gasteiger partial charge in [-0.25, -0.2) is 0 Å². The molecular weight excluding hydrogens is 278 g/mol. The Morgan fingerprint density at radius 2 is 2.09 bits per heavy atom. The first kappa shape index (κ1) is 14.7. The molecule has 0 bridgehead atoms. The van der Waals surface area contributed by atoms with Gasteiger partial charge in [-0.1, -0.05) is 24.3 Å². The molecule has 3 rings (SSSR count). The van der Waals surface area contributed by atoms with Crippen molar-refractivity contribution in [1.29, 1.82) is 0 Å². The number of nitrogens with zero attached hydrogens (tertiary/aromatic N) is 1. The van der Waals surface area contributed by atoms with Gasteiger partial charge in [0.05, 0.1) is 12.5 Å². The van der Waals surface area contributed by atoms with Gasteiger partial charge in [-0.3, -0.25) is 14.5 Å². The van der Waals surface area contributed by atoms with Crippen LogP contribution in [0.15, 0.2) is 55.1 Å². The second-order valence-corrected chi connectivity index (χ2v) is 5.69. The van der Waals surface area contributed by atoms with Gasteiger partial charge < -0.3 is 4.74 Å². The topological polar surface area (TPSA) is 46.6 Å². The number of para-hydroxylation sites is 1. The summed E-state index contributed by atoms with van der Waals surface area (Å²) in [6, 6.07) is 9.48. The predicted molar refractivity (Wildman–Crippen MR) is 84.3 cm³/mol. The molecule has 1 heterocycles. The fourth-order valence-corrected chi connectivity index (χ4v) is 3.04. The lowest BCUT2D eigenvalue weighted by Crippen LogP contribution is -2.60. The molecule has 2 atom stereocenters. The van der Waals surface area contributed by atoms with Crippen LogP contribution >= 0.6 is 0 Å². The Morgan fingerprint density at radius 3 is 2.73 bits per heavy atom. The fourth-order valence-electron chi connectivity index (χ4n) is 3.04. The average Bonchev–Trinajstić information content (AvgIpc) is 2.54. The Morgan fingerprint density at radius 1 is 1.32 bits per heavy atom. The fraction of sp³-hybridized carbons (Fsp3) is 0.333. The number of ether oxygens (including phenoxy) is 1. The zero-order valence-corrected chi connectivity index (χ0v) is 12.4. The van der Waals surface area contributed by atoms with Crippen LogP contribution in [0.25, 0.3) is 0 Å². The molecule has 0 aromatic heterocycles. The number of carbonyl (C=O) groups excluding carboxylic acids is 2. The van der Waals surface area contributed by atoms with E-state index in [1.165, 1.54) is 6.08 Å². The van der Waals surface area contributed by atoms with Crippen LogP contribution in [0.1, 0.15) is 19.3 Å². The summed E-state index contributed by atoms with van der Waals surface area (Å²) < 4.78 is 6.08. The van der Waals surface area contributed by atoms with E-state index in [4.69, 9.17) is 4.74 Å². The number of benzene rings is 1. The van der Waals surface area contributed by atoms with Crippen molar-refractivity contribution in [3.8, 4) is 0 Å². The molecule has 1 aliphatic heterocycles. The van der Waals surface area contributed by atoms with Gasteiger partial charge in [0, 0.05) is 18.5 Å². The van der Waals surface area contributed by atoms with E-state index < -0.39 is 5.72 Å². The standard InChI is InChI=1S/C18H19NO3/c1-2-6-14-13-22-18(11-9-16(20)10-12-18)19(17(14)21)15-7-4-3-5-8-15/h2-5,7-9,11,14H,1,6,10,12-13H2. The van der Waals surface area contributed by atoms with Crippen molar-refractivity contribution in [2.75, 3.05) is 11.5 Å². The number of hydrogen-bond donors (Lipinski definition) is 0. The SMILES string of the molecule is C=CCC1COC2(C=CC(=O)CC2)N(c2ccccc2)C1=O. The minimum atomic E-state index is -0.843.